The first-order valence-corrected chi connectivity index (χ1v) is 11.9. The van der Waals surface area contributed by atoms with Crippen molar-refractivity contribution in [3.05, 3.63) is 48.0 Å². The largest absolute Gasteiger partial charge is 1.00 e. The first-order valence-electron chi connectivity index (χ1n) is 10.5. The molecular weight excluding hydrogens is 427 g/mol. The van der Waals surface area contributed by atoms with E-state index in [1.165, 1.54) is 62.8 Å². The van der Waals surface area contributed by atoms with Crippen molar-refractivity contribution in [3.63, 3.8) is 0 Å². The van der Waals surface area contributed by atoms with E-state index >= 15 is 0 Å². The Balaban J connectivity index is 0.00000450. The molecule has 7 heteroatoms. The van der Waals surface area contributed by atoms with Crippen LogP contribution in [0.4, 0.5) is 0 Å². The number of hydrogen-bond donors (Lipinski definition) is 1. The number of ether oxygens (including phenoxy) is 1. The summed E-state index contributed by atoms with van der Waals surface area (Å²) in [6.45, 7) is 2.21. The van der Waals surface area contributed by atoms with Crippen molar-refractivity contribution in [1.82, 2.24) is 0 Å². The molecule has 0 fully saturated rings. The SMILES string of the molecule is CCCCCCCCCCCc1cc(Oc2cccc([O-])c2)ccc1S(=O)(=O)O.[K+]. The molecule has 1 N–H and O–H groups in total. The summed E-state index contributed by atoms with van der Waals surface area (Å²) < 4.78 is 38.6. The fraction of sp³-hybridized carbons (Fsp3) is 0.478. The fourth-order valence-corrected chi connectivity index (χ4v) is 4.10. The van der Waals surface area contributed by atoms with Crippen LogP contribution in [0.25, 0.3) is 0 Å². The van der Waals surface area contributed by atoms with Gasteiger partial charge in [-0.3, -0.25) is 4.55 Å². The van der Waals surface area contributed by atoms with E-state index in [-0.39, 0.29) is 62.0 Å². The second-order valence-corrected chi connectivity index (χ2v) is 8.79. The van der Waals surface area contributed by atoms with E-state index in [2.05, 4.69) is 6.92 Å². The monoisotopic (exact) mass is 458 g/mol. The molecule has 0 saturated heterocycles. The van der Waals surface area contributed by atoms with Gasteiger partial charge in [0.2, 0.25) is 0 Å². The first-order chi connectivity index (χ1) is 13.9. The Kier molecular flexibility index (Phi) is 13.5. The second kappa shape index (κ2) is 14.6. The summed E-state index contributed by atoms with van der Waals surface area (Å²) in [6, 6.07) is 10.5. The molecule has 0 heterocycles. The van der Waals surface area contributed by atoms with Crippen molar-refractivity contribution >= 4 is 10.1 Å². The summed E-state index contributed by atoms with van der Waals surface area (Å²) in [5, 5.41) is 11.4. The van der Waals surface area contributed by atoms with Gasteiger partial charge in [-0.15, -0.1) is 5.75 Å². The van der Waals surface area contributed by atoms with E-state index in [0.29, 0.717) is 23.5 Å². The Bertz CT molecular complexity index is 868. The van der Waals surface area contributed by atoms with Crippen LogP contribution in [-0.4, -0.2) is 13.0 Å². The molecule has 0 amide bonds. The molecule has 0 aromatic heterocycles. The fourth-order valence-electron chi connectivity index (χ4n) is 3.37. The Hall–Kier alpha value is -0.414. The topological polar surface area (TPSA) is 86.7 Å². The van der Waals surface area contributed by atoms with Gasteiger partial charge < -0.3 is 9.84 Å². The zero-order valence-electron chi connectivity index (χ0n) is 18.1. The number of benzene rings is 2. The number of rotatable bonds is 13. The maximum Gasteiger partial charge on any atom is 1.00 e. The first kappa shape index (κ1) is 27.6. The average molecular weight is 459 g/mol. The summed E-state index contributed by atoms with van der Waals surface area (Å²) in [5.74, 6) is 0.673. The summed E-state index contributed by atoms with van der Waals surface area (Å²) in [6.07, 6.45) is 11.1. The number of aryl methyl sites for hydroxylation is 1. The second-order valence-electron chi connectivity index (χ2n) is 7.40. The Labute approximate surface area is 223 Å². The van der Waals surface area contributed by atoms with Gasteiger partial charge in [0, 0.05) is 0 Å². The molecule has 30 heavy (non-hydrogen) atoms. The predicted octanol–water partition coefficient (Wildman–Crippen LogP) is 2.88. The standard InChI is InChI=1S/C23H32O5S.K/c1-2-3-4-5-6-7-8-9-10-12-19-17-22(15-16-23(19)29(25,26)27)28-21-14-11-13-20(24)18-21;/h11,13-18,24H,2-10,12H2,1H3,(H,25,26,27);/q;+1/p-1. The molecular formula is C23H31KO5S. The average Bonchev–Trinajstić information content (AvgIpc) is 2.66. The van der Waals surface area contributed by atoms with E-state index in [1.807, 2.05) is 0 Å². The van der Waals surface area contributed by atoms with Gasteiger partial charge in [0.05, 0.1) is 4.90 Å². The Morgan fingerprint density at radius 3 is 2.07 bits per heavy atom. The summed E-state index contributed by atoms with van der Waals surface area (Å²) in [4.78, 5) is -0.0815. The minimum absolute atomic E-state index is 0. The van der Waals surface area contributed by atoms with Crippen LogP contribution in [-0.2, 0) is 16.5 Å². The van der Waals surface area contributed by atoms with Crippen LogP contribution < -0.4 is 61.2 Å². The molecule has 0 unspecified atom stereocenters. The van der Waals surface area contributed by atoms with Crippen LogP contribution in [0.15, 0.2) is 47.4 Å². The van der Waals surface area contributed by atoms with Gasteiger partial charge >= 0.3 is 51.4 Å². The number of hydrogen-bond acceptors (Lipinski definition) is 4. The summed E-state index contributed by atoms with van der Waals surface area (Å²) in [5.41, 5.74) is 0.534. The van der Waals surface area contributed by atoms with Gasteiger partial charge in [-0.2, -0.15) is 8.42 Å². The van der Waals surface area contributed by atoms with Gasteiger partial charge in [-0.05, 0) is 48.7 Å². The minimum Gasteiger partial charge on any atom is -0.872 e. The van der Waals surface area contributed by atoms with E-state index < -0.39 is 10.1 Å². The van der Waals surface area contributed by atoms with Crippen LogP contribution in [0.2, 0.25) is 0 Å². The quantitative estimate of drug-likeness (QED) is 0.283. The number of unbranched alkanes of at least 4 members (excludes halogenated alkanes) is 8. The summed E-state index contributed by atoms with van der Waals surface area (Å²) >= 11 is 0. The molecule has 0 aliphatic carbocycles. The van der Waals surface area contributed by atoms with Crippen LogP contribution in [0.3, 0.4) is 0 Å². The summed E-state index contributed by atoms with van der Waals surface area (Å²) in [7, 11) is -4.30. The molecule has 160 valence electrons. The Morgan fingerprint density at radius 2 is 1.47 bits per heavy atom. The predicted molar refractivity (Wildman–Crippen MR) is 113 cm³/mol. The van der Waals surface area contributed by atoms with Gasteiger partial charge in [-0.1, -0.05) is 70.4 Å². The minimum atomic E-state index is -4.30. The molecule has 0 aliphatic heterocycles. The molecule has 2 aromatic carbocycles. The molecule has 0 aliphatic rings. The molecule has 0 bridgehead atoms. The van der Waals surface area contributed by atoms with Crippen LogP contribution in [0.1, 0.15) is 70.3 Å². The Morgan fingerprint density at radius 1 is 0.867 bits per heavy atom. The van der Waals surface area contributed by atoms with Crippen molar-refractivity contribution in [1.29, 1.82) is 0 Å². The van der Waals surface area contributed by atoms with Gasteiger partial charge in [0.15, 0.2) is 0 Å². The zero-order valence-corrected chi connectivity index (χ0v) is 22.0. The van der Waals surface area contributed by atoms with Crippen molar-refractivity contribution in [2.24, 2.45) is 0 Å². The molecule has 2 aromatic rings. The molecule has 0 saturated carbocycles. The van der Waals surface area contributed by atoms with Crippen molar-refractivity contribution in [3.8, 4) is 17.2 Å². The smallest absolute Gasteiger partial charge is 0.872 e. The third-order valence-corrected chi connectivity index (χ3v) is 5.85. The third-order valence-electron chi connectivity index (χ3n) is 4.90. The zero-order chi connectivity index (χ0) is 21.1. The van der Waals surface area contributed by atoms with E-state index in [4.69, 9.17) is 4.74 Å². The molecule has 0 atom stereocenters. The molecule has 2 rings (SSSR count). The van der Waals surface area contributed by atoms with E-state index in [9.17, 15) is 18.1 Å². The van der Waals surface area contributed by atoms with Crippen molar-refractivity contribution in [2.75, 3.05) is 0 Å². The maximum absolute atomic E-state index is 11.7. The van der Waals surface area contributed by atoms with Crippen LogP contribution in [0, 0.1) is 0 Å². The molecule has 0 spiro atoms. The normalized spacial score (nSPS) is 11.1. The van der Waals surface area contributed by atoms with Gasteiger partial charge in [-0.25, -0.2) is 0 Å². The molecule has 5 nitrogen and oxygen atoms in total. The van der Waals surface area contributed by atoms with Crippen LogP contribution >= 0.6 is 0 Å². The van der Waals surface area contributed by atoms with E-state index in [0.717, 1.165) is 19.3 Å². The van der Waals surface area contributed by atoms with Crippen molar-refractivity contribution in [2.45, 2.75) is 76.0 Å². The third kappa shape index (κ3) is 10.3. The van der Waals surface area contributed by atoms with Crippen LogP contribution in [0.5, 0.6) is 17.2 Å². The molecule has 0 radical (unpaired) electrons. The van der Waals surface area contributed by atoms with E-state index in [1.54, 1.807) is 18.2 Å². The van der Waals surface area contributed by atoms with Gasteiger partial charge in [0.1, 0.15) is 11.5 Å². The maximum atomic E-state index is 11.7. The van der Waals surface area contributed by atoms with Crippen molar-refractivity contribution < 1.29 is 74.2 Å². The van der Waals surface area contributed by atoms with Gasteiger partial charge in [0.25, 0.3) is 10.1 Å².